The van der Waals surface area contributed by atoms with E-state index in [1.54, 1.807) is 24.4 Å². The van der Waals surface area contributed by atoms with Gasteiger partial charge in [-0.15, -0.1) is 0 Å². The second kappa shape index (κ2) is 6.10. The van der Waals surface area contributed by atoms with E-state index < -0.39 is 6.04 Å². The fraction of sp³-hybridized carbons (Fsp3) is 0.375. The molecule has 2 aromatic rings. The number of hydrogen-bond acceptors (Lipinski definition) is 3. The van der Waals surface area contributed by atoms with Crippen LogP contribution in [0.1, 0.15) is 25.8 Å². The average Bonchev–Trinajstić information content (AvgIpc) is 2.40. The number of amides is 1. The van der Waals surface area contributed by atoms with Crippen molar-refractivity contribution in [2.75, 3.05) is 5.32 Å². The van der Waals surface area contributed by atoms with Gasteiger partial charge in [-0.2, -0.15) is 0 Å². The molecule has 1 atom stereocenters. The predicted octanol–water partition coefficient (Wildman–Crippen LogP) is 2.15. The fourth-order valence-corrected chi connectivity index (χ4v) is 2.32. The summed E-state index contributed by atoms with van der Waals surface area (Å²) in [4.78, 5) is 26.5. The number of carbonyl (C=O) groups excluding carboxylic acids is 1. The summed E-state index contributed by atoms with van der Waals surface area (Å²) in [5, 5.41) is 4.25. The van der Waals surface area contributed by atoms with Gasteiger partial charge in [-0.05, 0) is 48.4 Å². The molecule has 1 aromatic carbocycles. The fourth-order valence-electron chi connectivity index (χ4n) is 2.32. The summed E-state index contributed by atoms with van der Waals surface area (Å²) < 4.78 is 0. The van der Waals surface area contributed by atoms with Crippen molar-refractivity contribution in [1.29, 1.82) is 0 Å². The topological polar surface area (TPSA) is 88.0 Å². The SMILES string of the molecule is Cc1cc2c(=O)[nH]ccc2cc1NC(=O)C(N)CC(C)C. The lowest BCUT2D eigenvalue weighted by atomic mass is 10.0. The Balaban J connectivity index is 2.29. The maximum absolute atomic E-state index is 12.1. The van der Waals surface area contributed by atoms with Crippen molar-refractivity contribution in [2.24, 2.45) is 11.7 Å². The summed E-state index contributed by atoms with van der Waals surface area (Å²) in [6, 6.07) is 4.86. The van der Waals surface area contributed by atoms with Crippen LogP contribution in [0.3, 0.4) is 0 Å². The molecule has 0 saturated heterocycles. The number of nitrogens with two attached hydrogens (primary N) is 1. The number of H-pyrrole nitrogens is 1. The lowest BCUT2D eigenvalue weighted by molar-refractivity contribution is -0.117. The van der Waals surface area contributed by atoms with Crippen LogP contribution in [0.25, 0.3) is 10.8 Å². The molecule has 0 bridgehead atoms. The highest BCUT2D eigenvalue weighted by atomic mass is 16.2. The van der Waals surface area contributed by atoms with Gasteiger partial charge in [-0.25, -0.2) is 0 Å². The van der Waals surface area contributed by atoms with Gasteiger partial charge >= 0.3 is 0 Å². The second-order valence-electron chi connectivity index (χ2n) is 5.79. The third-order valence-electron chi connectivity index (χ3n) is 3.44. The van der Waals surface area contributed by atoms with Gasteiger partial charge in [0.15, 0.2) is 0 Å². The molecule has 0 fully saturated rings. The van der Waals surface area contributed by atoms with Crippen molar-refractivity contribution >= 4 is 22.4 Å². The van der Waals surface area contributed by atoms with Gasteiger partial charge in [0.2, 0.25) is 5.91 Å². The smallest absolute Gasteiger partial charge is 0.255 e. The van der Waals surface area contributed by atoms with E-state index >= 15 is 0 Å². The molecule has 1 unspecified atom stereocenters. The first-order valence-electron chi connectivity index (χ1n) is 7.07. The number of hydrogen-bond donors (Lipinski definition) is 3. The molecule has 1 amide bonds. The molecule has 1 aromatic heterocycles. The molecular formula is C16H21N3O2. The molecular weight excluding hydrogens is 266 g/mol. The summed E-state index contributed by atoms with van der Waals surface area (Å²) in [7, 11) is 0. The van der Waals surface area contributed by atoms with Gasteiger partial charge in [-0.1, -0.05) is 13.8 Å². The molecule has 21 heavy (non-hydrogen) atoms. The monoisotopic (exact) mass is 287 g/mol. The van der Waals surface area contributed by atoms with Crippen LogP contribution in [0.5, 0.6) is 0 Å². The van der Waals surface area contributed by atoms with Crippen molar-refractivity contribution < 1.29 is 4.79 Å². The largest absolute Gasteiger partial charge is 0.329 e. The maximum atomic E-state index is 12.1. The molecule has 0 aliphatic carbocycles. The van der Waals surface area contributed by atoms with E-state index in [0.29, 0.717) is 23.4 Å². The summed E-state index contributed by atoms with van der Waals surface area (Å²) in [5.41, 5.74) is 7.28. The van der Waals surface area contributed by atoms with Crippen LogP contribution < -0.4 is 16.6 Å². The zero-order valence-electron chi connectivity index (χ0n) is 12.6. The van der Waals surface area contributed by atoms with Gasteiger partial charge < -0.3 is 16.0 Å². The van der Waals surface area contributed by atoms with Crippen LogP contribution >= 0.6 is 0 Å². The average molecular weight is 287 g/mol. The van der Waals surface area contributed by atoms with E-state index in [2.05, 4.69) is 10.3 Å². The lowest BCUT2D eigenvalue weighted by Crippen LogP contribution is -2.36. The van der Waals surface area contributed by atoms with Gasteiger partial charge in [0, 0.05) is 17.3 Å². The second-order valence-corrected chi connectivity index (χ2v) is 5.79. The molecule has 5 heteroatoms. The van der Waals surface area contributed by atoms with E-state index in [1.165, 1.54) is 0 Å². The highest BCUT2D eigenvalue weighted by Crippen LogP contribution is 2.21. The molecule has 112 valence electrons. The normalized spacial score (nSPS) is 12.6. The molecule has 0 saturated carbocycles. The van der Waals surface area contributed by atoms with Gasteiger partial charge in [0.1, 0.15) is 0 Å². The number of fused-ring (bicyclic) bond motifs is 1. The highest BCUT2D eigenvalue weighted by molar-refractivity contribution is 5.98. The standard InChI is InChI=1S/C16H21N3O2/c1-9(2)6-13(17)16(21)19-14-8-11-4-5-18-15(20)12(11)7-10(14)3/h4-5,7-9,13H,6,17H2,1-3H3,(H,18,20)(H,19,21). The molecule has 1 heterocycles. The zero-order chi connectivity index (χ0) is 15.6. The minimum absolute atomic E-state index is 0.134. The van der Waals surface area contributed by atoms with E-state index in [4.69, 9.17) is 5.73 Å². The van der Waals surface area contributed by atoms with Crippen LogP contribution in [-0.2, 0) is 4.79 Å². The van der Waals surface area contributed by atoms with Crippen molar-refractivity contribution in [3.63, 3.8) is 0 Å². The van der Waals surface area contributed by atoms with Crippen LogP contribution in [0.4, 0.5) is 5.69 Å². The Hall–Kier alpha value is -2.14. The number of rotatable bonds is 4. The minimum atomic E-state index is -0.528. The molecule has 0 radical (unpaired) electrons. The first kappa shape index (κ1) is 15.3. The highest BCUT2D eigenvalue weighted by Gasteiger charge is 2.16. The number of aromatic nitrogens is 1. The molecule has 4 N–H and O–H groups in total. The summed E-state index contributed by atoms with van der Waals surface area (Å²) in [5.74, 6) is 0.165. The Bertz CT molecular complexity index is 719. The van der Waals surface area contributed by atoms with Gasteiger partial charge in [-0.3, -0.25) is 9.59 Å². The first-order chi connectivity index (χ1) is 9.88. The number of pyridine rings is 1. The molecule has 0 aliphatic heterocycles. The van der Waals surface area contributed by atoms with E-state index in [0.717, 1.165) is 10.9 Å². The first-order valence-corrected chi connectivity index (χ1v) is 7.07. The van der Waals surface area contributed by atoms with Crippen LogP contribution in [0, 0.1) is 12.8 Å². The number of benzene rings is 1. The van der Waals surface area contributed by atoms with E-state index in [1.807, 2.05) is 20.8 Å². The van der Waals surface area contributed by atoms with E-state index in [-0.39, 0.29) is 11.5 Å². The zero-order valence-corrected chi connectivity index (χ0v) is 12.6. The molecule has 0 spiro atoms. The number of carbonyl (C=O) groups is 1. The Labute approximate surface area is 123 Å². The maximum Gasteiger partial charge on any atom is 0.255 e. The number of aryl methyl sites for hydroxylation is 1. The Morgan fingerprint density at radius 1 is 1.38 bits per heavy atom. The third-order valence-corrected chi connectivity index (χ3v) is 3.44. The lowest BCUT2D eigenvalue weighted by Gasteiger charge is -2.15. The number of nitrogens with one attached hydrogen (secondary N) is 2. The van der Waals surface area contributed by atoms with Crippen LogP contribution in [-0.4, -0.2) is 16.9 Å². The van der Waals surface area contributed by atoms with Crippen molar-refractivity contribution in [3.05, 3.63) is 40.3 Å². The van der Waals surface area contributed by atoms with Crippen LogP contribution in [0.2, 0.25) is 0 Å². The quantitative estimate of drug-likeness (QED) is 0.805. The summed E-state index contributed by atoms with van der Waals surface area (Å²) in [6.07, 6.45) is 2.23. The molecule has 0 aliphatic rings. The predicted molar refractivity (Wildman–Crippen MR) is 85.4 cm³/mol. The Morgan fingerprint density at radius 3 is 2.76 bits per heavy atom. The number of aromatic amines is 1. The van der Waals surface area contributed by atoms with Gasteiger partial charge in [0.25, 0.3) is 5.56 Å². The molecule has 2 rings (SSSR count). The van der Waals surface area contributed by atoms with Crippen molar-refractivity contribution in [1.82, 2.24) is 4.98 Å². The van der Waals surface area contributed by atoms with Crippen LogP contribution in [0.15, 0.2) is 29.2 Å². The summed E-state index contributed by atoms with van der Waals surface area (Å²) in [6.45, 7) is 5.91. The molecule has 5 nitrogen and oxygen atoms in total. The van der Waals surface area contributed by atoms with Crippen molar-refractivity contribution in [2.45, 2.75) is 33.2 Å². The minimum Gasteiger partial charge on any atom is -0.329 e. The summed E-state index contributed by atoms with van der Waals surface area (Å²) >= 11 is 0. The Kier molecular flexibility index (Phi) is 4.43. The third kappa shape index (κ3) is 3.49. The Morgan fingerprint density at radius 2 is 2.10 bits per heavy atom. The van der Waals surface area contributed by atoms with Gasteiger partial charge in [0.05, 0.1) is 6.04 Å². The van der Waals surface area contributed by atoms with Crippen molar-refractivity contribution in [3.8, 4) is 0 Å². The van der Waals surface area contributed by atoms with E-state index in [9.17, 15) is 9.59 Å². The number of anilines is 1.